The van der Waals surface area contributed by atoms with Crippen molar-refractivity contribution >= 4 is 17.5 Å². The smallest absolute Gasteiger partial charge is 0.223 e. The van der Waals surface area contributed by atoms with Crippen LogP contribution in [0.15, 0.2) is 24.3 Å². The first-order valence-electron chi connectivity index (χ1n) is 7.91. The molecular formula is C18H28N2O2. The van der Waals surface area contributed by atoms with Gasteiger partial charge in [-0.1, -0.05) is 39.8 Å². The van der Waals surface area contributed by atoms with Gasteiger partial charge >= 0.3 is 0 Å². The molecule has 0 aliphatic heterocycles. The molecule has 122 valence electrons. The molecule has 0 aromatic heterocycles. The molecule has 0 unspecified atom stereocenters. The van der Waals surface area contributed by atoms with E-state index >= 15 is 0 Å². The maximum absolute atomic E-state index is 11.8. The number of benzene rings is 1. The number of hydrogen-bond donors (Lipinski definition) is 1. The van der Waals surface area contributed by atoms with Crippen LogP contribution in [-0.4, -0.2) is 24.9 Å². The summed E-state index contributed by atoms with van der Waals surface area (Å²) in [6, 6.07) is 7.99. The second-order valence-corrected chi connectivity index (χ2v) is 6.57. The quantitative estimate of drug-likeness (QED) is 0.877. The lowest BCUT2D eigenvalue weighted by molar-refractivity contribution is -0.121. The van der Waals surface area contributed by atoms with Gasteiger partial charge in [0.1, 0.15) is 0 Å². The van der Waals surface area contributed by atoms with Crippen LogP contribution in [0.2, 0.25) is 0 Å². The maximum Gasteiger partial charge on any atom is 0.223 e. The number of rotatable bonds is 6. The number of hydrogen-bond acceptors (Lipinski definition) is 2. The predicted octanol–water partition coefficient (Wildman–Crippen LogP) is 3.25. The first-order chi connectivity index (χ1) is 10.3. The Morgan fingerprint density at radius 1 is 1.14 bits per heavy atom. The largest absolute Gasteiger partial charge is 0.356 e. The zero-order chi connectivity index (χ0) is 16.8. The second-order valence-electron chi connectivity index (χ2n) is 6.57. The number of carbonyl (C=O) groups is 2. The van der Waals surface area contributed by atoms with Crippen molar-refractivity contribution in [2.45, 2.75) is 52.9 Å². The molecule has 4 nitrogen and oxygen atoms in total. The Hall–Kier alpha value is -1.84. The lowest BCUT2D eigenvalue weighted by Crippen LogP contribution is -2.34. The Bertz CT molecular complexity index is 501. The molecule has 4 heteroatoms. The Morgan fingerprint density at radius 2 is 1.73 bits per heavy atom. The Kier molecular flexibility index (Phi) is 6.60. The van der Waals surface area contributed by atoms with Crippen LogP contribution in [-0.2, 0) is 15.0 Å². The van der Waals surface area contributed by atoms with Gasteiger partial charge in [-0.15, -0.1) is 0 Å². The fourth-order valence-corrected chi connectivity index (χ4v) is 2.18. The van der Waals surface area contributed by atoms with Crippen LogP contribution < -0.4 is 10.2 Å². The van der Waals surface area contributed by atoms with Crippen LogP contribution in [0.4, 0.5) is 5.69 Å². The molecule has 1 N–H and O–H groups in total. The molecule has 0 fully saturated rings. The summed E-state index contributed by atoms with van der Waals surface area (Å²) >= 11 is 0. The van der Waals surface area contributed by atoms with Gasteiger partial charge in [-0.05, 0) is 29.5 Å². The third-order valence-corrected chi connectivity index (χ3v) is 3.56. The SMILES string of the molecule is CCCNC(=O)CCN(C(C)=O)c1ccc(C(C)(C)C)cc1. The monoisotopic (exact) mass is 304 g/mol. The summed E-state index contributed by atoms with van der Waals surface area (Å²) in [7, 11) is 0. The fraction of sp³-hybridized carbons (Fsp3) is 0.556. The molecular weight excluding hydrogens is 276 g/mol. The summed E-state index contributed by atoms with van der Waals surface area (Å²) < 4.78 is 0. The van der Waals surface area contributed by atoms with Crippen molar-refractivity contribution in [1.82, 2.24) is 5.32 Å². The van der Waals surface area contributed by atoms with Gasteiger partial charge in [0, 0.05) is 32.1 Å². The minimum Gasteiger partial charge on any atom is -0.356 e. The zero-order valence-corrected chi connectivity index (χ0v) is 14.4. The van der Waals surface area contributed by atoms with Gasteiger partial charge in [0.05, 0.1) is 0 Å². The Morgan fingerprint density at radius 3 is 2.18 bits per heavy atom. The molecule has 1 aromatic rings. The van der Waals surface area contributed by atoms with Crippen LogP contribution in [0.3, 0.4) is 0 Å². The normalized spacial score (nSPS) is 11.1. The number of amides is 2. The van der Waals surface area contributed by atoms with Crippen molar-refractivity contribution < 1.29 is 9.59 Å². The minimum atomic E-state index is -0.0493. The molecule has 0 heterocycles. The van der Waals surface area contributed by atoms with Crippen molar-refractivity contribution in [3.63, 3.8) is 0 Å². The van der Waals surface area contributed by atoms with Crippen molar-refractivity contribution in [3.8, 4) is 0 Å². The topological polar surface area (TPSA) is 49.4 Å². The number of nitrogens with one attached hydrogen (secondary N) is 1. The van der Waals surface area contributed by atoms with E-state index in [2.05, 4.69) is 26.1 Å². The first-order valence-corrected chi connectivity index (χ1v) is 7.91. The summed E-state index contributed by atoms with van der Waals surface area (Å²) in [6.45, 7) is 11.1. The number of carbonyl (C=O) groups excluding carboxylic acids is 2. The summed E-state index contributed by atoms with van der Waals surface area (Å²) in [4.78, 5) is 25.2. The molecule has 1 rings (SSSR count). The van der Waals surface area contributed by atoms with Gasteiger partial charge in [-0.2, -0.15) is 0 Å². The van der Waals surface area contributed by atoms with Crippen LogP contribution >= 0.6 is 0 Å². The highest BCUT2D eigenvalue weighted by Gasteiger charge is 2.16. The molecule has 0 spiro atoms. The summed E-state index contributed by atoms with van der Waals surface area (Å²) in [5.74, 6) is -0.0637. The molecule has 0 aliphatic rings. The van der Waals surface area contributed by atoms with E-state index < -0.39 is 0 Å². The predicted molar refractivity (Wildman–Crippen MR) is 91.1 cm³/mol. The third-order valence-electron chi connectivity index (χ3n) is 3.56. The minimum absolute atomic E-state index is 0.0144. The zero-order valence-electron chi connectivity index (χ0n) is 14.4. The van der Waals surface area contributed by atoms with E-state index in [0.29, 0.717) is 19.5 Å². The molecule has 0 atom stereocenters. The summed E-state index contributed by atoms with van der Waals surface area (Å²) in [6.07, 6.45) is 1.23. The molecule has 0 saturated carbocycles. The highest BCUT2D eigenvalue weighted by Crippen LogP contribution is 2.25. The van der Waals surface area contributed by atoms with Crippen LogP contribution in [0.5, 0.6) is 0 Å². The molecule has 0 radical (unpaired) electrons. The summed E-state index contributed by atoms with van der Waals surface area (Å²) in [5, 5.41) is 2.83. The van der Waals surface area contributed by atoms with Gasteiger partial charge in [-0.25, -0.2) is 0 Å². The average molecular weight is 304 g/mol. The fourth-order valence-electron chi connectivity index (χ4n) is 2.18. The van der Waals surface area contributed by atoms with E-state index in [0.717, 1.165) is 12.1 Å². The average Bonchev–Trinajstić information content (AvgIpc) is 2.44. The lowest BCUT2D eigenvalue weighted by atomic mass is 9.87. The molecule has 0 aliphatic carbocycles. The van der Waals surface area contributed by atoms with Crippen molar-refractivity contribution in [2.75, 3.05) is 18.0 Å². The van der Waals surface area contributed by atoms with E-state index in [4.69, 9.17) is 0 Å². The van der Waals surface area contributed by atoms with E-state index in [-0.39, 0.29) is 17.2 Å². The van der Waals surface area contributed by atoms with E-state index in [1.54, 1.807) is 4.90 Å². The summed E-state index contributed by atoms with van der Waals surface area (Å²) in [5.41, 5.74) is 2.14. The highest BCUT2D eigenvalue weighted by atomic mass is 16.2. The molecule has 1 aromatic carbocycles. The Labute approximate surface area is 133 Å². The van der Waals surface area contributed by atoms with Crippen molar-refractivity contribution in [2.24, 2.45) is 0 Å². The van der Waals surface area contributed by atoms with E-state index in [1.165, 1.54) is 12.5 Å². The van der Waals surface area contributed by atoms with Gasteiger partial charge in [0.2, 0.25) is 11.8 Å². The number of anilines is 1. The maximum atomic E-state index is 11.8. The lowest BCUT2D eigenvalue weighted by Gasteiger charge is -2.23. The van der Waals surface area contributed by atoms with E-state index in [1.807, 2.05) is 31.2 Å². The first kappa shape index (κ1) is 18.2. The second kappa shape index (κ2) is 7.97. The highest BCUT2D eigenvalue weighted by molar-refractivity contribution is 5.92. The van der Waals surface area contributed by atoms with Crippen LogP contribution in [0.25, 0.3) is 0 Å². The van der Waals surface area contributed by atoms with Crippen LogP contribution in [0.1, 0.15) is 53.0 Å². The van der Waals surface area contributed by atoms with Gasteiger partial charge in [-0.3, -0.25) is 9.59 Å². The molecule has 0 bridgehead atoms. The molecule has 2 amide bonds. The third kappa shape index (κ3) is 5.51. The van der Waals surface area contributed by atoms with Gasteiger partial charge in [0.25, 0.3) is 0 Å². The molecule has 0 saturated heterocycles. The van der Waals surface area contributed by atoms with Crippen LogP contribution in [0, 0.1) is 0 Å². The number of nitrogens with zero attached hydrogens (tertiary/aromatic N) is 1. The standard InChI is InChI=1S/C18H28N2O2/c1-6-12-19-17(22)11-13-20(14(2)21)16-9-7-15(8-10-16)18(3,4)5/h7-10H,6,11-13H2,1-5H3,(H,19,22). The van der Waals surface area contributed by atoms with Crippen molar-refractivity contribution in [3.05, 3.63) is 29.8 Å². The van der Waals surface area contributed by atoms with Gasteiger partial charge in [0.15, 0.2) is 0 Å². The Balaban J connectivity index is 2.75. The van der Waals surface area contributed by atoms with Gasteiger partial charge < -0.3 is 10.2 Å². The van der Waals surface area contributed by atoms with Crippen molar-refractivity contribution in [1.29, 1.82) is 0 Å². The van der Waals surface area contributed by atoms with E-state index in [9.17, 15) is 9.59 Å². The molecule has 22 heavy (non-hydrogen) atoms.